The first-order chi connectivity index (χ1) is 16.9. The number of amides is 2. The molecule has 4 rings (SSSR count). The number of ether oxygens (including phenoxy) is 1. The van der Waals surface area contributed by atoms with Crippen molar-refractivity contribution in [2.24, 2.45) is 0 Å². The predicted octanol–water partition coefficient (Wildman–Crippen LogP) is 5.08. The van der Waals surface area contributed by atoms with Gasteiger partial charge in [-0.05, 0) is 46.9 Å². The number of anilines is 1. The summed E-state index contributed by atoms with van der Waals surface area (Å²) in [5, 5.41) is 12.3. The van der Waals surface area contributed by atoms with Gasteiger partial charge in [-0.2, -0.15) is 0 Å². The molecule has 2 N–H and O–H groups in total. The van der Waals surface area contributed by atoms with E-state index in [1.807, 2.05) is 24.3 Å². The van der Waals surface area contributed by atoms with Gasteiger partial charge in [0.2, 0.25) is 5.91 Å². The number of hydrogen-bond acceptors (Lipinski definition) is 4. The van der Waals surface area contributed by atoms with Gasteiger partial charge in [0, 0.05) is 29.6 Å². The lowest BCUT2D eigenvalue weighted by atomic mass is 9.98. The molecule has 7 nitrogen and oxygen atoms in total. The predicted molar refractivity (Wildman–Crippen MR) is 134 cm³/mol. The van der Waals surface area contributed by atoms with Crippen molar-refractivity contribution < 1.29 is 24.2 Å². The van der Waals surface area contributed by atoms with Gasteiger partial charge >= 0.3 is 12.1 Å². The fraction of sp³-hybridized carbons (Fsp3) is 0.222. The molecule has 8 heteroatoms. The summed E-state index contributed by atoms with van der Waals surface area (Å²) < 4.78 is 5.49. The van der Waals surface area contributed by atoms with E-state index in [9.17, 15) is 19.5 Å². The Bertz CT molecular complexity index is 1200. The zero-order valence-electron chi connectivity index (χ0n) is 18.9. The molecule has 0 bridgehead atoms. The molecule has 1 aliphatic rings. The van der Waals surface area contributed by atoms with Crippen molar-refractivity contribution in [3.05, 3.63) is 88.9 Å². The van der Waals surface area contributed by atoms with Crippen LogP contribution in [-0.4, -0.2) is 42.8 Å². The third-order valence-corrected chi connectivity index (χ3v) is 6.13. The first-order valence-corrected chi connectivity index (χ1v) is 11.7. The maximum Gasteiger partial charge on any atom is 0.407 e. The van der Waals surface area contributed by atoms with E-state index in [0.29, 0.717) is 17.1 Å². The fourth-order valence-corrected chi connectivity index (χ4v) is 4.50. The van der Waals surface area contributed by atoms with Crippen molar-refractivity contribution in [2.45, 2.75) is 18.8 Å². The van der Waals surface area contributed by atoms with Gasteiger partial charge in [-0.25, -0.2) is 4.79 Å². The van der Waals surface area contributed by atoms with Crippen LogP contribution < -0.4 is 10.2 Å². The molecule has 0 aromatic heterocycles. The number of halogens is 1. The lowest BCUT2D eigenvalue weighted by Crippen LogP contribution is -2.36. The maximum absolute atomic E-state index is 12.6. The monoisotopic (exact) mass is 492 g/mol. The number of aliphatic carboxylic acids is 1. The van der Waals surface area contributed by atoms with Gasteiger partial charge in [0.1, 0.15) is 13.2 Å². The number of carboxylic acids is 1. The molecule has 0 unspecified atom stereocenters. The van der Waals surface area contributed by atoms with Crippen molar-refractivity contribution in [1.29, 1.82) is 0 Å². The van der Waals surface area contributed by atoms with E-state index in [4.69, 9.17) is 16.3 Å². The minimum absolute atomic E-state index is 0.0306. The smallest absolute Gasteiger partial charge is 0.407 e. The van der Waals surface area contributed by atoms with Crippen LogP contribution in [0.3, 0.4) is 0 Å². The van der Waals surface area contributed by atoms with Gasteiger partial charge in [0.25, 0.3) is 0 Å². The van der Waals surface area contributed by atoms with Gasteiger partial charge in [0.05, 0.1) is 0 Å². The van der Waals surface area contributed by atoms with Crippen molar-refractivity contribution in [1.82, 2.24) is 5.32 Å². The Hall–Kier alpha value is -3.84. The Labute approximate surface area is 208 Å². The molecule has 180 valence electrons. The van der Waals surface area contributed by atoms with Crippen molar-refractivity contribution in [2.75, 3.05) is 24.6 Å². The van der Waals surface area contributed by atoms with Crippen LogP contribution in [0.1, 0.15) is 29.9 Å². The number of carbonyl (C=O) groups is 3. The highest BCUT2D eigenvalue weighted by Gasteiger charge is 2.29. The standard InChI is InChI=1S/C27H25ClN2O5/c28-18-7-5-8-19(15-18)30(16-26(32)33)25(31)13-6-14-29-27(34)35-17-24-22-11-3-1-9-20(22)21-10-2-4-12-23(21)24/h1-5,7-12,15,24H,6,13-14,16-17H2,(H,29,34)(H,32,33). The highest BCUT2D eigenvalue weighted by molar-refractivity contribution is 6.31. The molecule has 35 heavy (non-hydrogen) atoms. The second-order valence-electron chi connectivity index (χ2n) is 8.21. The molecule has 3 aromatic rings. The van der Waals surface area contributed by atoms with Crippen LogP contribution in [0.2, 0.25) is 5.02 Å². The van der Waals surface area contributed by atoms with Crippen molar-refractivity contribution in [3.8, 4) is 11.1 Å². The fourth-order valence-electron chi connectivity index (χ4n) is 4.32. The number of nitrogens with zero attached hydrogens (tertiary/aromatic N) is 1. The molecule has 0 atom stereocenters. The summed E-state index contributed by atoms with van der Waals surface area (Å²) in [6.45, 7) is -0.0438. The average molecular weight is 493 g/mol. The van der Waals surface area contributed by atoms with Crippen LogP contribution in [0.25, 0.3) is 11.1 Å². The average Bonchev–Trinajstić information content (AvgIpc) is 3.17. The van der Waals surface area contributed by atoms with Gasteiger partial charge in [0.15, 0.2) is 0 Å². The van der Waals surface area contributed by atoms with Crippen LogP contribution >= 0.6 is 11.6 Å². The van der Waals surface area contributed by atoms with E-state index < -0.39 is 18.6 Å². The Balaban J connectivity index is 1.27. The zero-order chi connectivity index (χ0) is 24.8. The largest absolute Gasteiger partial charge is 0.480 e. The number of carboxylic acid groups (broad SMARTS) is 1. The molecular formula is C27H25ClN2O5. The second-order valence-corrected chi connectivity index (χ2v) is 8.65. The Morgan fingerprint density at radius 2 is 1.60 bits per heavy atom. The molecule has 0 heterocycles. The lowest BCUT2D eigenvalue weighted by molar-refractivity contribution is -0.136. The van der Waals surface area contributed by atoms with Gasteiger partial charge in [-0.3, -0.25) is 9.59 Å². The number of fused-ring (bicyclic) bond motifs is 3. The molecule has 0 saturated carbocycles. The molecule has 1 aliphatic carbocycles. The lowest BCUT2D eigenvalue weighted by Gasteiger charge is -2.21. The van der Waals surface area contributed by atoms with Crippen molar-refractivity contribution >= 4 is 35.3 Å². The SMILES string of the molecule is O=C(O)CN(C(=O)CCCNC(=O)OCC1c2ccccc2-c2ccccc21)c1cccc(Cl)c1. The van der Waals surface area contributed by atoms with E-state index >= 15 is 0 Å². The van der Waals surface area contributed by atoms with Gasteiger partial charge < -0.3 is 20.1 Å². The topological polar surface area (TPSA) is 95.9 Å². The number of rotatable bonds is 9. The highest BCUT2D eigenvalue weighted by Crippen LogP contribution is 2.44. The molecule has 0 saturated heterocycles. The molecule has 0 radical (unpaired) electrons. The number of carbonyl (C=O) groups excluding carboxylic acids is 2. The van der Waals surface area contributed by atoms with E-state index in [1.54, 1.807) is 18.2 Å². The number of nitrogens with one attached hydrogen (secondary N) is 1. The summed E-state index contributed by atoms with van der Waals surface area (Å²) in [5.41, 5.74) is 4.98. The van der Waals surface area contributed by atoms with Crippen LogP contribution in [0.5, 0.6) is 0 Å². The Morgan fingerprint density at radius 1 is 0.943 bits per heavy atom. The summed E-state index contributed by atoms with van der Waals surface area (Å²) in [4.78, 5) is 37.3. The Kier molecular flexibility index (Phi) is 7.67. The molecule has 2 amide bonds. The number of hydrogen-bond donors (Lipinski definition) is 2. The maximum atomic E-state index is 12.6. The highest BCUT2D eigenvalue weighted by atomic mass is 35.5. The Morgan fingerprint density at radius 3 is 2.23 bits per heavy atom. The van der Waals surface area contributed by atoms with E-state index in [2.05, 4.69) is 29.6 Å². The van der Waals surface area contributed by atoms with Crippen LogP contribution in [0.15, 0.2) is 72.8 Å². The number of alkyl carbamates (subject to hydrolysis) is 1. The van der Waals surface area contributed by atoms with Crippen LogP contribution in [0, 0.1) is 0 Å². The molecule has 0 spiro atoms. The van der Waals surface area contributed by atoms with Gasteiger partial charge in [-0.15, -0.1) is 0 Å². The summed E-state index contributed by atoms with van der Waals surface area (Å²) in [5.74, 6) is -1.53. The zero-order valence-corrected chi connectivity index (χ0v) is 19.7. The minimum Gasteiger partial charge on any atom is -0.480 e. The molecular weight excluding hydrogens is 468 g/mol. The minimum atomic E-state index is -1.13. The second kappa shape index (κ2) is 11.1. The molecule has 3 aromatic carbocycles. The van der Waals surface area contributed by atoms with E-state index in [-0.39, 0.29) is 31.4 Å². The van der Waals surface area contributed by atoms with Crippen LogP contribution in [-0.2, 0) is 14.3 Å². The van der Waals surface area contributed by atoms with E-state index in [1.165, 1.54) is 11.0 Å². The summed E-state index contributed by atoms with van der Waals surface area (Å²) in [6, 6.07) is 22.7. The first kappa shape index (κ1) is 24.3. The summed E-state index contributed by atoms with van der Waals surface area (Å²) >= 11 is 5.98. The summed E-state index contributed by atoms with van der Waals surface area (Å²) in [7, 11) is 0. The van der Waals surface area contributed by atoms with Crippen LogP contribution in [0.4, 0.5) is 10.5 Å². The summed E-state index contributed by atoms with van der Waals surface area (Å²) in [6.07, 6.45) is -0.167. The first-order valence-electron chi connectivity index (χ1n) is 11.3. The van der Waals surface area contributed by atoms with E-state index in [0.717, 1.165) is 22.3 Å². The third-order valence-electron chi connectivity index (χ3n) is 5.89. The normalized spacial score (nSPS) is 11.9. The molecule has 0 fully saturated rings. The number of benzene rings is 3. The quantitative estimate of drug-likeness (QED) is 0.406. The molecule has 0 aliphatic heterocycles. The third kappa shape index (κ3) is 5.81. The van der Waals surface area contributed by atoms with Crippen molar-refractivity contribution in [3.63, 3.8) is 0 Å². The van der Waals surface area contributed by atoms with Gasteiger partial charge in [-0.1, -0.05) is 66.2 Å².